The lowest BCUT2D eigenvalue weighted by Crippen LogP contribution is -2.51. The smallest absolute Gasteiger partial charge is 0.240 e. The zero-order valence-electron chi connectivity index (χ0n) is 9.94. The molecule has 0 aliphatic carbocycles. The van der Waals surface area contributed by atoms with Gasteiger partial charge in [0.1, 0.15) is 6.04 Å². The maximum absolute atomic E-state index is 11.9. The van der Waals surface area contributed by atoms with Gasteiger partial charge in [-0.3, -0.25) is 4.79 Å². The Balaban J connectivity index is 0.00000162. The molecular weight excluding hydrogens is 295 g/mol. The average molecular weight is 311 g/mol. The van der Waals surface area contributed by atoms with Gasteiger partial charge in [0.05, 0.1) is 23.6 Å². The summed E-state index contributed by atoms with van der Waals surface area (Å²) in [7, 11) is 0. The first-order valence-electron chi connectivity index (χ1n) is 5.53. The molecular formula is C11H16Cl2N2O2S. The van der Waals surface area contributed by atoms with Crippen molar-refractivity contribution in [3.8, 4) is 0 Å². The second kappa shape index (κ2) is 7.31. The van der Waals surface area contributed by atoms with E-state index in [1.807, 2.05) is 19.1 Å². The van der Waals surface area contributed by atoms with E-state index in [-0.39, 0.29) is 30.4 Å². The molecule has 4 nitrogen and oxygen atoms in total. The van der Waals surface area contributed by atoms with Crippen LogP contribution in [0.3, 0.4) is 0 Å². The minimum absolute atomic E-state index is 0. The molecule has 2 heterocycles. The summed E-state index contributed by atoms with van der Waals surface area (Å²) in [5.41, 5.74) is 0. The van der Waals surface area contributed by atoms with Gasteiger partial charge in [-0.2, -0.15) is 0 Å². The Hall–Kier alpha value is -0.330. The number of hydrogen-bond acceptors (Lipinski definition) is 4. The van der Waals surface area contributed by atoms with Gasteiger partial charge in [-0.1, -0.05) is 11.6 Å². The third-order valence-corrected chi connectivity index (χ3v) is 4.03. The van der Waals surface area contributed by atoms with E-state index in [1.165, 1.54) is 11.3 Å². The zero-order chi connectivity index (χ0) is 12.3. The van der Waals surface area contributed by atoms with Gasteiger partial charge >= 0.3 is 0 Å². The molecule has 0 radical (unpaired) electrons. The number of rotatable bonds is 3. The molecule has 7 heteroatoms. The quantitative estimate of drug-likeness (QED) is 0.897. The van der Waals surface area contributed by atoms with Crippen LogP contribution < -0.4 is 10.6 Å². The maximum Gasteiger partial charge on any atom is 0.240 e. The number of morpholine rings is 1. The number of thiophene rings is 1. The van der Waals surface area contributed by atoms with E-state index >= 15 is 0 Å². The number of hydrogen-bond donors (Lipinski definition) is 2. The fourth-order valence-corrected chi connectivity index (χ4v) is 2.74. The fourth-order valence-electron chi connectivity index (χ4n) is 1.68. The average Bonchev–Trinajstić information content (AvgIpc) is 2.77. The maximum atomic E-state index is 11.9. The summed E-state index contributed by atoms with van der Waals surface area (Å²) in [6, 6.07) is 3.50. The van der Waals surface area contributed by atoms with E-state index in [9.17, 15) is 4.79 Å². The molecule has 1 saturated heterocycles. The topological polar surface area (TPSA) is 50.4 Å². The number of halogens is 2. The first-order chi connectivity index (χ1) is 8.16. The summed E-state index contributed by atoms with van der Waals surface area (Å²) < 4.78 is 5.99. The number of ether oxygens (including phenoxy) is 1. The third kappa shape index (κ3) is 4.10. The van der Waals surface area contributed by atoms with Crippen LogP contribution in [0.5, 0.6) is 0 Å². The van der Waals surface area contributed by atoms with Crippen LogP contribution in [0.4, 0.5) is 0 Å². The van der Waals surface area contributed by atoms with Crippen LogP contribution in [0.15, 0.2) is 12.1 Å². The van der Waals surface area contributed by atoms with Crippen molar-refractivity contribution < 1.29 is 9.53 Å². The summed E-state index contributed by atoms with van der Waals surface area (Å²) in [5.74, 6) is -0.0262. The van der Waals surface area contributed by atoms with Crippen molar-refractivity contribution in [1.29, 1.82) is 0 Å². The largest absolute Gasteiger partial charge is 0.378 e. The van der Waals surface area contributed by atoms with Crippen LogP contribution in [0.25, 0.3) is 0 Å². The van der Waals surface area contributed by atoms with Crippen molar-refractivity contribution in [2.75, 3.05) is 19.8 Å². The first-order valence-corrected chi connectivity index (χ1v) is 6.73. The molecule has 0 saturated carbocycles. The van der Waals surface area contributed by atoms with Gasteiger partial charge in [0.15, 0.2) is 0 Å². The van der Waals surface area contributed by atoms with Crippen molar-refractivity contribution in [3.05, 3.63) is 21.3 Å². The summed E-state index contributed by atoms with van der Waals surface area (Å²) in [5, 5.41) is 6.07. The standard InChI is InChI=1S/C11H15ClN2O2S.ClH/c1-7(9-2-3-10(12)17-9)14-11(15)8-6-16-5-4-13-8;/h2-3,7-8,13H,4-6H2,1H3,(H,14,15);1H. The lowest BCUT2D eigenvalue weighted by Gasteiger charge is -2.24. The van der Waals surface area contributed by atoms with E-state index in [4.69, 9.17) is 16.3 Å². The van der Waals surface area contributed by atoms with Crippen molar-refractivity contribution >= 4 is 41.3 Å². The highest BCUT2D eigenvalue weighted by molar-refractivity contribution is 7.16. The Morgan fingerprint density at radius 2 is 2.44 bits per heavy atom. The Kier molecular flexibility index (Phi) is 6.38. The molecule has 0 bridgehead atoms. The second-order valence-electron chi connectivity index (χ2n) is 3.95. The molecule has 2 N–H and O–H groups in total. The van der Waals surface area contributed by atoms with Gasteiger partial charge in [-0.05, 0) is 19.1 Å². The molecule has 18 heavy (non-hydrogen) atoms. The minimum Gasteiger partial charge on any atom is -0.378 e. The predicted octanol–water partition coefficient (Wildman–Crippen LogP) is 1.99. The summed E-state index contributed by atoms with van der Waals surface area (Å²) >= 11 is 7.35. The molecule has 2 atom stereocenters. The molecule has 2 rings (SSSR count). The van der Waals surface area contributed by atoms with Crippen LogP contribution >= 0.6 is 35.3 Å². The van der Waals surface area contributed by atoms with Crippen molar-refractivity contribution in [3.63, 3.8) is 0 Å². The zero-order valence-corrected chi connectivity index (χ0v) is 12.3. The van der Waals surface area contributed by atoms with E-state index in [1.54, 1.807) is 0 Å². The highest BCUT2D eigenvalue weighted by atomic mass is 35.5. The van der Waals surface area contributed by atoms with Gasteiger partial charge in [0.25, 0.3) is 0 Å². The van der Waals surface area contributed by atoms with Crippen molar-refractivity contribution in [1.82, 2.24) is 10.6 Å². The Labute approximate surface area is 121 Å². The van der Waals surface area contributed by atoms with Gasteiger partial charge in [-0.15, -0.1) is 23.7 Å². The molecule has 1 fully saturated rings. The summed E-state index contributed by atoms with van der Waals surface area (Å²) in [6.45, 7) is 3.77. The number of carbonyl (C=O) groups excluding carboxylic acids is 1. The Bertz CT molecular complexity index is 394. The van der Waals surface area contributed by atoms with Gasteiger partial charge < -0.3 is 15.4 Å². The molecule has 0 spiro atoms. The van der Waals surface area contributed by atoms with Crippen LogP contribution in [-0.2, 0) is 9.53 Å². The SMILES string of the molecule is CC(NC(=O)C1COCCN1)c1ccc(Cl)s1.Cl. The highest BCUT2D eigenvalue weighted by Gasteiger charge is 2.22. The lowest BCUT2D eigenvalue weighted by atomic mass is 10.2. The van der Waals surface area contributed by atoms with Crippen LogP contribution in [-0.4, -0.2) is 31.7 Å². The van der Waals surface area contributed by atoms with Gasteiger partial charge in [0.2, 0.25) is 5.91 Å². The molecule has 0 aromatic carbocycles. The van der Waals surface area contributed by atoms with Gasteiger partial charge in [-0.25, -0.2) is 0 Å². The molecule has 102 valence electrons. The third-order valence-electron chi connectivity index (χ3n) is 2.62. The minimum atomic E-state index is -0.248. The number of nitrogens with one attached hydrogen (secondary N) is 2. The monoisotopic (exact) mass is 310 g/mol. The molecule has 1 aliphatic rings. The second-order valence-corrected chi connectivity index (χ2v) is 5.70. The molecule has 1 aromatic heterocycles. The molecule has 1 amide bonds. The van der Waals surface area contributed by atoms with E-state index in [0.717, 1.165) is 15.8 Å². The van der Waals surface area contributed by atoms with Crippen LogP contribution in [0.2, 0.25) is 4.34 Å². The number of amides is 1. The van der Waals surface area contributed by atoms with Crippen molar-refractivity contribution in [2.45, 2.75) is 19.0 Å². The van der Waals surface area contributed by atoms with E-state index < -0.39 is 0 Å². The molecule has 1 aromatic rings. The van der Waals surface area contributed by atoms with Crippen LogP contribution in [0, 0.1) is 0 Å². The van der Waals surface area contributed by atoms with Crippen molar-refractivity contribution in [2.24, 2.45) is 0 Å². The summed E-state index contributed by atoms with van der Waals surface area (Å²) in [4.78, 5) is 13.0. The highest BCUT2D eigenvalue weighted by Crippen LogP contribution is 2.26. The first kappa shape index (κ1) is 15.7. The Morgan fingerprint density at radius 1 is 1.67 bits per heavy atom. The fraction of sp³-hybridized carbons (Fsp3) is 0.545. The lowest BCUT2D eigenvalue weighted by molar-refractivity contribution is -0.126. The number of carbonyl (C=O) groups is 1. The van der Waals surface area contributed by atoms with E-state index in [0.29, 0.717) is 13.2 Å². The molecule has 2 unspecified atom stereocenters. The molecule has 1 aliphatic heterocycles. The summed E-state index contributed by atoms with van der Waals surface area (Å²) in [6.07, 6.45) is 0. The predicted molar refractivity (Wildman–Crippen MR) is 75.7 cm³/mol. The van der Waals surface area contributed by atoms with Gasteiger partial charge in [0, 0.05) is 11.4 Å². The Morgan fingerprint density at radius 3 is 3.00 bits per heavy atom. The van der Waals surface area contributed by atoms with Crippen LogP contribution in [0.1, 0.15) is 17.8 Å². The van der Waals surface area contributed by atoms with E-state index in [2.05, 4.69) is 10.6 Å². The normalized spacial score (nSPS) is 20.9.